The zero-order chi connectivity index (χ0) is 24.3. The van der Waals surface area contributed by atoms with Gasteiger partial charge in [-0.15, -0.1) is 11.3 Å². The zero-order valence-corrected chi connectivity index (χ0v) is 22.1. The summed E-state index contributed by atoms with van der Waals surface area (Å²) in [5.74, 6) is 2.33. The normalized spacial score (nSPS) is 14.1. The largest absolute Gasteiger partial charge is 0.354 e. The first-order valence-corrected chi connectivity index (χ1v) is 14.1. The Morgan fingerprint density at radius 2 is 1.88 bits per heavy atom. The molecule has 0 radical (unpaired) electrons. The smallest absolute Gasteiger partial charge is 0.256 e. The summed E-state index contributed by atoms with van der Waals surface area (Å²) in [4.78, 5) is 32.1. The van der Waals surface area contributed by atoms with E-state index in [-0.39, 0.29) is 5.91 Å². The predicted molar refractivity (Wildman–Crippen MR) is 146 cm³/mol. The number of aryl methyl sites for hydroxylation is 1. The van der Waals surface area contributed by atoms with Crippen molar-refractivity contribution in [2.45, 2.75) is 37.1 Å². The Balaban J connectivity index is 0.000000179. The van der Waals surface area contributed by atoms with Gasteiger partial charge in [0.05, 0.1) is 17.8 Å². The van der Waals surface area contributed by atoms with E-state index in [4.69, 9.17) is 0 Å². The van der Waals surface area contributed by atoms with Crippen LogP contribution in [0.4, 0.5) is 10.8 Å². The fraction of sp³-hybridized carbons (Fsp3) is 0.320. The number of aromatic nitrogens is 1. The third-order valence-corrected chi connectivity index (χ3v) is 8.07. The molecule has 0 saturated carbocycles. The number of benzene rings is 2. The van der Waals surface area contributed by atoms with Gasteiger partial charge >= 0.3 is 0 Å². The van der Waals surface area contributed by atoms with Gasteiger partial charge in [-0.1, -0.05) is 43.8 Å². The number of hydrogen-bond acceptors (Lipinski definition) is 7. The number of thiazole rings is 1. The summed E-state index contributed by atoms with van der Waals surface area (Å²) in [6.07, 6.45) is 2.56. The van der Waals surface area contributed by atoms with Gasteiger partial charge in [0.1, 0.15) is 0 Å². The average Bonchev–Trinajstić information content (AvgIpc) is 3.30. The number of carbonyl (C=O) groups is 2. The van der Waals surface area contributed by atoms with Crippen molar-refractivity contribution in [3.05, 3.63) is 64.7 Å². The maximum Gasteiger partial charge on any atom is 0.256 e. The van der Waals surface area contributed by atoms with Crippen molar-refractivity contribution < 1.29 is 9.59 Å². The number of nitrogens with zero attached hydrogens (tertiary/aromatic N) is 2. The van der Waals surface area contributed by atoms with Gasteiger partial charge in [-0.3, -0.25) is 9.59 Å². The highest BCUT2D eigenvalue weighted by atomic mass is 32.2. The molecular formula is C25H30N4O2S3. The average molecular weight is 515 g/mol. The van der Waals surface area contributed by atoms with Crippen molar-refractivity contribution in [3.63, 3.8) is 0 Å². The summed E-state index contributed by atoms with van der Waals surface area (Å²) < 4.78 is 0. The van der Waals surface area contributed by atoms with Crippen LogP contribution in [0.25, 0.3) is 0 Å². The van der Waals surface area contributed by atoms with Gasteiger partial charge in [0, 0.05) is 45.5 Å². The molecule has 3 aromatic rings. The van der Waals surface area contributed by atoms with E-state index >= 15 is 0 Å². The first kappa shape index (κ1) is 26.1. The highest BCUT2D eigenvalue weighted by Crippen LogP contribution is 2.38. The van der Waals surface area contributed by atoms with Crippen LogP contribution < -0.4 is 15.5 Å². The first-order chi connectivity index (χ1) is 16.6. The van der Waals surface area contributed by atoms with Crippen molar-refractivity contribution in [1.82, 2.24) is 10.3 Å². The molecule has 9 heteroatoms. The molecule has 5 rings (SSSR count). The highest BCUT2D eigenvalue weighted by molar-refractivity contribution is 7.99. The zero-order valence-electron chi connectivity index (χ0n) is 19.7. The van der Waals surface area contributed by atoms with E-state index in [0.717, 1.165) is 56.1 Å². The van der Waals surface area contributed by atoms with Crippen LogP contribution in [-0.2, 0) is 11.3 Å². The van der Waals surface area contributed by atoms with Crippen molar-refractivity contribution in [2.24, 2.45) is 0 Å². The van der Waals surface area contributed by atoms with Crippen LogP contribution >= 0.6 is 34.9 Å². The van der Waals surface area contributed by atoms with Gasteiger partial charge in [-0.25, -0.2) is 4.98 Å². The fourth-order valence-corrected chi connectivity index (χ4v) is 6.13. The second-order valence-corrected chi connectivity index (χ2v) is 10.7. The molecule has 2 amide bonds. The van der Waals surface area contributed by atoms with E-state index in [2.05, 4.69) is 32.7 Å². The maximum atomic E-state index is 12.1. The summed E-state index contributed by atoms with van der Waals surface area (Å²) in [6.45, 7) is 8.77. The molecule has 34 heavy (non-hydrogen) atoms. The molecule has 2 N–H and O–H groups in total. The summed E-state index contributed by atoms with van der Waals surface area (Å²) in [5.41, 5.74) is 2.79. The minimum Gasteiger partial charge on any atom is -0.354 e. The van der Waals surface area contributed by atoms with Gasteiger partial charge in [0.2, 0.25) is 6.41 Å². The Morgan fingerprint density at radius 3 is 2.65 bits per heavy atom. The Bertz CT molecular complexity index is 1100. The number of hydrogen-bond donors (Lipinski definition) is 2. The molecule has 0 spiro atoms. The first-order valence-electron chi connectivity index (χ1n) is 11.3. The quantitative estimate of drug-likeness (QED) is 0.436. The van der Waals surface area contributed by atoms with Gasteiger partial charge in [-0.05, 0) is 36.8 Å². The number of thioether (sulfide) groups is 1. The molecule has 3 heterocycles. The van der Waals surface area contributed by atoms with E-state index in [1.165, 1.54) is 11.5 Å². The van der Waals surface area contributed by atoms with Gasteiger partial charge in [0.25, 0.3) is 5.91 Å². The lowest BCUT2D eigenvalue weighted by molar-refractivity contribution is -0.109. The van der Waals surface area contributed by atoms with E-state index in [9.17, 15) is 9.59 Å². The van der Waals surface area contributed by atoms with E-state index in [1.807, 2.05) is 69.1 Å². The van der Waals surface area contributed by atoms with Crippen molar-refractivity contribution >= 4 is 58.0 Å². The lowest BCUT2D eigenvalue weighted by atomic mass is 10.2. The Kier molecular flexibility index (Phi) is 10.3. The summed E-state index contributed by atoms with van der Waals surface area (Å²) >= 11 is 5.29. The number of rotatable bonds is 4. The minimum atomic E-state index is -0.0301. The van der Waals surface area contributed by atoms with Crippen molar-refractivity contribution in [1.29, 1.82) is 0 Å². The molecule has 0 unspecified atom stereocenters. The van der Waals surface area contributed by atoms with Crippen LogP contribution in [0.3, 0.4) is 0 Å². The highest BCUT2D eigenvalue weighted by Gasteiger charge is 2.19. The minimum absolute atomic E-state index is 0.0301. The van der Waals surface area contributed by atoms with E-state index in [1.54, 1.807) is 23.1 Å². The summed E-state index contributed by atoms with van der Waals surface area (Å²) in [5, 5.41) is 6.69. The maximum absolute atomic E-state index is 12.1. The Labute approximate surface area is 213 Å². The molecule has 2 aliphatic rings. The molecule has 1 aromatic heterocycles. The van der Waals surface area contributed by atoms with Crippen LogP contribution in [0, 0.1) is 6.92 Å². The molecule has 2 aliphatic heterocycles. The monoisotopic (exact) mass is 514 g/mol. The molecule has 180 valence electrons. The summed E-state index contributed by atoms with van der Waals surface area (Å²) in [6, 6.07) is 13.8. The molecule has 0 aliphatic carbocycles. The second-order valence-electron chi connectivity index (χ2n) is 7.26. The topological polar surface area (TPSA) is 74.3 Å². The summed E-state index contributed by atoms with van der Waals surface area (Å²) in [7, 11) is 0. The van der Waals surface area contributed by atoms with Gasteiger partial charge in [0.15, 0.2) is 5.13 Å². The standard InChI is InChI=1S/C14H11NOS.C9H13N3OS2.C2H6/c1-9-6-7-13-11(8-9)15-14(16)10-4-2-3-5-12(10)17-13;13-7-10-5-8-6-11-9(15-8)12-1-3-14-4-2-12;1-2/h2-8H,1H3,(H,15,16);6-7H,1-5H2,(H,10,13);1-2H3. The van der Waals surface area contributed by atoms with E-state index in [0.29, 0.717) is 6.54 Å². The van der Waals surface area contributed by atoms with Crippen LogP contribution in [-0.4, -0.2) is 41.9 Å². The molecule has 2 aromatic carbocycles. The third kappa shape index (κ3) is 7.01. The number of nitrogens with one attached hydrogen (secondary N) is 2. The van der Waals surface area contributed by atoms with Crippen LogP contribution in [0.1, 0.15) is 34.6 Å². The third-order valence-electron chi connectivity index (χ3n) is 4.92. The Hall–Kier alpha value is -2.49. The van der Waals surface area contributed by atoms with E-state index < -0.39 is 0 Å². The van der Waals surface area contributed by atoms with Crippen LogP contribution in [0.15, 0.2) is 58.5 Å². The van der Waals surface area contributed by atoms with Crippen molar-refractivity contribution in [2.75, 3.05) is 34.8 Å². The number of fused-ring (bicyclic) bond motifs is 2. The van der Waals surface area contributed by atoms with Crippen LogP contribution in [0.2, 0.25) is 0 Å². The van der Waals surface area contributed by atoms with Gasteiger partial charge in [-0.2, -0.15) is 11.8 Å². The van der Waals surface area contributed by atoms with Gasteiger partial charge < -0.3 is 15.5 Å². The number of amides is 2. The molecule has 0 atom stereocenters. The van der Waals surface area contributed by atoms with Crippen molar-refractivity contribution in [3.8, 4) is 0 Å². The number of carbonyl (C=O) groups excluding carboxylic acids is 2. The predicted octanol–water partition coefficient (Wildman–Crippen LogP) is 5.68. The molecule has 1 saturated heterocycles. The molecule has 6 nitrogen and oxygen atoms in total. The lowest BCUT2D eigenvalue weighted by Crippen LogP contribution is -2.32. The fourth-order valence-electron chi connectivity index (χ4n) is 3.30. The SMILES string of the molecule is CC.Cc1ccc2c(c1)NC(=O)c1ccccc1S2.O=CNCc1cnc(N2CCSCC2)s1. The molecule has 1 fully saturated rings. The number of anilines is 2. The molecular weight excluding hydrogens is 485 g/mol. The second kappa shape index (κ2) is 13.4. The lowest BCUT2D eigenvalue weighted by Gasteiger charge is -2.25. The molecule has 0 bridgehead atoms. The Morgan fingerprint density at radius 1 is 1.12 bits per heavy atom. The van der Waals surface area contributed by atoms with Crippen LogP contribution in [0.5, 0.6) is 0 Å².